The van der Waals surface area contributed by atoms with Crippen LogP contribution in [-0.2, 0) is 0 Å². The number of aromatic nitrogens is 1. The molecule has 1 aromatic rings. The largest absolute Gasteiger partial charge is 0.370 e. The zero-order valence-electron chi connectivity index (χ0n) is 10.8. The molecular formula is C12H22N4S. The molecule has 0 aliphatic rings. The van der Waals surface area contributed by atoms with Crippen LogP contribution in [0.5, 0.6) is 0 Å². The summed E-state index contributed by atoms with van der Waals surface area (Å²) in [5.41, 5.74) is 5.78. The number of thiazole rings is 1. The number of nitrogens with one attached hydrogen (secondary N) is 1. The van der Waals surface area contributed by atoms with Gasteiger partial charge in [0.2, 0.25) is 0 Å². The fourth-order valence-corrected chi connectivity index (χ4v) is 2.03. The Hall–Kier alpha value is -1.10. The molecule has 0 fully saturated rings. The first kappa shape index (κ1) is 14.0. The molecule has 0 aliphatic heterocycles. The van der Waals surface area contributed by atoms with E-state index in [1.54, 1.807) is 11.3 Å². The maximum atomic E-state index is 5.78. The van der Waals surface area contributed by atoms with Gasteiger partial charge in [-0.1, -0.05) is 20.8 Å². The van der Waals surface area contributed by atoms with E-state index in [1.165, 1.54) is 0 Å². The van der Waals surface area contributed by atoms with Crippen LogP contribution in [-0.4, -0.2) is 24.0 Å². The molecular weight excluding hydrogens is 232 g/mol. The predicted octanol–water partition coefficient (Wildman–Crippen LogP) is 2.20. The van der Waals surface area contributed by atoms with Crippen LogP contribution in [0.2, 0.25) is 0 Å². The smallest absolute Gasteiger partial charge is 0.188 e. The van der Waals surface area contributed by atoms with Crippen LogP contribution in [0.4, 0.5) is 0 Å². The third kappa shape index (κ3) is 5.68. The average molecular weight is 254 g/mol. The van der Waals surface area contributed by atoms with E-state index in [-0.39, 0.29) is 0 Å². The first-order valence-corrected chi connectivity index (χ1v) is 6.90. The van der Waals surface area contributed by atoms with Crippen molar-refractivity contribution in [3.8, 4) is 0 Å². The number of guanidine groups is 1. The van der Waals surface area contributed by atoms with E-state index in [2.05, 4.69) is 36.1 Å². The van der Waals surface area contributed by atoms with Gasteiger partial charge in [-0.25, -0.2) is 4.98 Å². The van der Waals surface area contributed by atoms with Gasteiger partial charge >= 0.3 is 0 Å². The van der Waals surface area contributed by atoms with Crippen LogP contribution in [0.25, 0.3) is 0 Å². The summed E-state index contributed by atoms with van der Waals surface area (Å²) in [6, 6.07) is 0. The molecule has 0 spiro atoms. The number of aliphatic imine (C=N–C) groups is 1. The molecule has 1 rings (SSSR count). The Balaban J connectivity index is 2.27. The molecule has 1 heterocycles. The van der Waals surface area contributed by atoms with Gasteiger partial charge in [0.1, 0.15) is 0 Å². The van der Waals surface area contributed by atoms with Crippen LogP contribution in [0.3, 0.4) is 0 Å². The fourth-order valence-electron chi connectivity index (χ4n) is 1.34. The summed E-state index contributed by atoms with van der Waals surface area (Å²) in [5, 5.41) is 6.23. The monoisotopic (exact) mass is 254 g/mol. The van der Waals surface area contributed by atoms with Crippen molar-refractivity contribution in [2.24, 2.45) is 16.6 Å². The summed E-state index contributed by atoms with van der Waals surface area (Å²) < 4.78 is 0. The lowest BCUT2D eigenvalue weighted by atomic mass is 10.1. The van der Waals surface area contributed by atoms with Crippen LogP contribution < -0.4 is 11.1 Å². The molecule has 1 aromatic heterocycles. The van der Waals surface area contributed by atoms with E-state index in [9.17, 15) is 0 Å². The third-order valence-corrected chi connectivity index (χ3v) is 3.44. The zero-order valence-corrected chi connectivity index (χ0v) is 11.6. The number of hydrogen-bond donors (Lipinski definition) is 2. The van der Waals surface area contributed by atoms with E-state index < -0.39 is 0 Å². The third-order valence-electron chi connectivity index (χ3n) is 2.44. The van der Waals surface area contributed by atoms with Gasteiger partial charge in [-0.15, -0.1) is 11.3 Å². The highest BCUT2D eigenvalue weighted by Crippen LogP contribution is 2.17. The number of rotatable bonds is 6. The van der Waals surface area contributed by atoms with Crippen molar-refractivity contribution < 1.29 is 0 Å². The molecule has 0 aliphatic carbocycles. The molecule has 96 valence electrons. The molecule has 0 bridgehead atoms. The van der Waals surface area contributed by atoms with Crippen LogP contribution >= 0.6 is 11.3 Å². The SMILES string of the molecule is CC(C)CCNC(N)=NCC(C)c1nccs1. The van der Waals surface area contributed by atoms with Gasteiger partial charge in [-0.05, 0) is 12.3 Å². The molecule has 0 saturated carbocycles. The van der Waals surface area contributed by atoms with Crippen molar-refractivity contribution >= 4 is 17.3 Å². The second-order valence-corrected chi connectivity index (χ2v) is 5.53. The molecule has 1 unspecified atom stereocenters. The minimum atomic E-state index is 0.334. The van der Waals surface area contributed by atoms with E-state index in [4.69, 9.17) is 5.73 Å². The summed E-state index contributed by atoms with van der Waals surface area (Å²) in [6.45, 7) is 8.08. The zero-order chi connectivity index (χ0) is 12.7. The highest BCUT2D eigenvalue weighted by atomic mass is 32.1. The summed E-state index contributed by atoms with van der Waals surface area (Å²) in [4.78, 5) is 8.59. The molecule has 0 saturated heterocycles. The Bertz CT molecular complexity index is 332. The molecule has 0 radical (unpaired) electrons. The maximum absolute atomic E-state index is 5.78. The van der Waals surface area contributed by atoms with Crippen LogP contribution in [0, 0.1) is 5.92 Å². The number of hydrogen-bond acceptors (Lipinski definition) is 3. The predicted molar refractivity (Wildman–Crippen MR) is 74.5 cm³/mol. The number of nitrogens with zero attached hydrogens (tertiary/aromatic N) is 2. The van der Waals surface area contributed by atoms with Gasteiger partial charge in [0, 0.05) is 24.0 Å². The van der Waals surface area contributed by atoms with Gasteiger partial charge < -0.3 is 11.1 Å². The van der Waals surface area contributed by atoms with Crippen molar-refractivity contribution in [2.45, 2.75) is 33.1 Å². The molecule has 5 heteroatoms. The highest BCUT2D eigenvalue weighted by molar-refractivity contribution is 7.09. The molecule has 4 nitrogen and oxygen atoms in total. The van der Waals surface area contributed by atoms with Crippen molar-refractivity contribution in [1.82, 2.24) is 10.3 Å². The summed E-state index contributed by atoms with van der Waals surface area (Å²) in [6.07, 6.45) is 2.93. The van der Waals surface area contributed by atoms with Crippen molar-refractivity contribution in [1.29, 1.82) is 0 Å². The molecule has 0 aromatic carbocycles. The minimum absolute atomic E-state index is 0.334. The van der Waals surface area contributed by atoms with Crippen LogP contribution in [0.1, 0.15) is 38.1 Å². The van der Waals surface area contributed by atoms with Gasteiger partial charge in [-0.2, -0.15) is 0 Å². The Labute approximate surface area is 107 Å². The lowest BCUT2D eigenvalue weighted by Crippen LogP contribution is -2.33. The summed E-state index contributed by atoms with van der Waals surface area (Å²) in [5.74, 6) is 1.55. The van der Waals surface area contributed by atoms with Gasteiger partial charge in [-0.3, -0.25) is 4.99 Å². The van der Waals surface area contributed by atoms with E-state index in [0.29, 0.717) is 24.3 Å². The van der Waals surface area contributed by atoms with E-state index in [1.807, 2.05) is 11.6 Å². The van der Waals surface area contributed by atoms with Crippen molar-refractivity contribution in [3.63, 3.8) is 0 Å². The van der Waals surface area contributed by atoms with Gasteiger partial charge in [0.25, 0.3) is 0 Å². The summed E-state index contributed by atoms with van der Waals surface area (Å²) >= 11 is 1.66. The van der Waals surface area contributed by atoms with Crippen LogP contribution in [0.15, 0.2) is 16.6 Å². The first-order valence-electron chi connectivity index (χ1n) is 6.02. The van der Waals surface area contributed by atoms with Crippen molar-refractivity contribution in [3.05, 3.63) is 16.6 Å². The van der Waals surface area contributed by atoms with Gasteiger partial charge in [0.15, 0.2) is 5.96 Å². The Morgan fingerprint density at radius 2 is 2.29 bits per heavy atom. The number of nitrogens with two attached hydrogens (primary N) is 1. The fraction of sp³-hybridized carbons (Fsp3) is 0.667. The molecule has 1 atom stereocenters. The Morgan fingerprint density at radius 3 is 2.88 bits per heavy atom. The molecule has 17 heavy (non-hydrogen) atoms. The molecule has 0 amide bonds. The Kier molecular flexibility index (Phi) is 5.97. The lowest BCUT2D eigenvalue weighted by Gasteiger charge is -2.09. The quantitative estimate of drug-likeness (QED) is 0.604. The Morgan fingerprint density at radius 1 is 1.53 bits per heavy atom. The van der Waals surface area contributed by atoms with Gasteiger partial charge in [0.05, 0.1) is 11.6 Å². The van der Waals surface area contributed by atoms with E-state index in [0.717, 1.165) is 18.0 Å². The first-order chi connectivity index (χ1) is 8.09. The second-order valence-electron chi connectivity index (χ2n) is 4.61. The second kappa shape index (κ2) is 7.27. The summed E-state index contributed by atoms with van der Waals surface area (Å²) in [7, 11) is 0. The molecule has 3 N–H and O–H groups in total. The highest BCUT2D eigenvalue weighted by Gasteiger charge is 2.07. The van der Waals surface area contributed by atoms with E-state index >= 15 is 0 Å². The standard InChI is InChI=1S/C12H22N4S/c1-9(2)4-5-15-12(13)16-8-10(3)11-14-6-7-17-11/h6-7,9-10H,4-5,8H2,1-3H3,(H3,13,15,16). The maximum Gasteiger partial charge on any atom is 0.188 e. The normalized spacial score (nSPS) is 14.0. The lowest BCUT2D eigenvalue weighted by molar-refractivity contribution is 0.576. The van der Waals surface area contributed by atoms with Crippen molar-refractivity contribution in [2.75, 3.05) is 13.1 Å². The minimum Gasteiger partial charge on any atom is -0.370 e. The average Bonchev–Trinajstić information content (AvgIpc) is 2.78. The topological polar surface area (TPSA) is 63.3 Å².